The number of rotatable bonds is 4. The first-order valence-corrected chi connectivity index (χ1v) is 6.64. The van der Waals surface area contributed by atoms with Crippen molar-refractivity contribution in [3.8, 4) is 0 Å². The number of carbonyl (C=O) groups excluding carboxylic acids is 1. The second kappa shape index (κ2) is 4.45. The van der Waals surface area contributed by atoms with Crippen molar-refractivity contribution in [2.24, 2.45) is 23.0 Å². The van der Waals surface area contributed by atoms with Gasteiger partial charge in [-0.15, -0.1) is 0 Å². The number of carbonyl (C=O) groups is 2. The lowest BCUT2D eigenvalue weighted by Crippen LogP contribution is -2.80. The first-order chi connectivity index (χ1) is 8.73. The molecule has 2 aliphatic rings. The third kappa shape index (κ3) is 1.85. The van der Waals surface area contributed by atoms with Gasteiger partial charge < -0.3 is 20.9 Å². The lowest BCUT2D eigenvalue weighted by Gasteiger charge is -2.60. The first-order valence-electron chi connectivity index (χ1n) is 6.64. The topological polar surface area (TPSA) is 102 Å². The molecule has 6 heteroatoms. The SMILES string of the molecule is CC(CNC(=O)C1(N)C2CCOC2C1(C)C)C(=O)O. The number of aliphatic carboxylic acids is 1. The number of carboxylic acid groups (broad SMARTS) is 1. The zero-order valence-corrected chi connectivity index (χ0v) is 11.6. The van der Waals surface area contributed by atoms with Crippen molar-refractivity contribution in [1.29, 1.82) is 0 Å². The van der Waals surface area contributed by atoms with E-state index < -0.39 is 22.8 Å². The summed E-state index contributed by atoms with van der Waals surface area (Å²) in [6, 6.07) is 0. The quantitative estimate of drug-likeness (QED) is 0.665. The van der Waals surface area contributed by atoms with Crippen LogP contribution in [0.25, 0.3) is 0 Å². The Morgan fingerprint density at radius 1 is 1.53 bits per heavy atom. The summed E-state index contributed by atoms with van der Waals surface area (Å²) in [5.41, 5.74) is 4.94. The molecule has 108 valence electrons. The number of nitrogens with two attached hydrogens (primary N) is 1. The summed E-state index contributed by atoms with van der Waals surface area (Å²) in [5, 5.41) is 11.5. The Labute approximate surface area is 112 Å². The van der Waals surface area contributed by atoms with E-state index in [0.717, 1.165) is 6.42 Å². The Balaban J connectivity index is 2.04. The van der Waals surface area contributed by atoms with Crippen molar-refractivity contribution >= 4 is 11.9 Å². The third-order valence-electron chi connectivity index (χ3n) is 4.82. The highest BCUT2D eigenvalue weighted by atomic mass is 16.5. The van der Waals surface area contributed by atoms with Gasteiger partial charge in [-0.1, -0.05) is 20.8 Å². The minimum absolute atomic E-state index is 0.0279. The van der Waals surface area contributed by atoms with Gasteiger partial charge in [0, 0.05) is 24.5 Å². The van der Waals surface area contributed by atoms with E-state index in [0.29, 0.717) is 6.61 Å². The minimum atomic E-state index is -0.966. The summed E-state index contributed by atoms with van der Waals surface area (Å²) in [6.45, 7) is 6.15. The van der Waals surface area contributed by atoms with Gasteiger partial charge in [0.2, 0.25) is 5.91 Å². The molecule has 1 saturated carbocycles. The summed E-state index contributed by atoms with van der Waals surface area (Å²) in [7, 11) is 0. The largest absolute Gasteiger partial charge is 0.481 e. The Morgan fingerprint density at radius 2 is 2.16 bits per heavy atom. The fourth-order valence-electron chi connectivity index (χ4n) is 3.32. The highest BCUT2D eigenvalue weighted by Crippen LogP contribution is 2.58. The first kappa shape index (κ1) is 14.3. The van der Waals surface area contributed by atoms with E-state index in [-0.39, 0.29) is 24.5 Å². The molecular weight excluding hydrogens is 248 g/mol. The van der Waals surface area contributed by atoms with Crippen LogP contribution in [0, 0.1) is 17.3 Å². The van der Waals surface area contributed by atoms with Crippen LogP contribution in [0.4, 0.5) is 0 Å². The monoisotopic (exact) mass is 270 g/mol. The molecule has 4 atom stereocenters. The summed E-state index contributed by atoms with van der Waals surface area (Å²) in [4.78, 5) is 23.1. The van der Waals surface area contributed by atoms with Crippen LogP contribution in [0.2, 0.25) is 0 Å². The van der Waals surface area contributed by atoms with Gasteiger partial charge in [0.25, 0.3) is 0 Å². The number of amides is 1. The van der Waals surface area contributed by atoms with E-state index in [9.17, 15) is 9.59 Å². The van der Waals surface area contributed by atoms with Crippen molar-refractivity contribution in [1.82, 2.24) is 5.32 Å². The molecule has 0 aromatic rings. The summed E-state index contributed by atoms with van der Waals surface area (Å²) >= 11 is 0. The Kier molecular flexibility index (Phi) is 3.35. The maximum Gasteiger partial charge on any atom is 0.308 e. The summed E-state index contributed by atoms with van der Waals surface area (Å²) in [6.07, 6.45) is 0.812. The normalized spacial score (nSPS) is 37.1. The Morgan fingerprint density at radius 3 is 2.74 bits per heavy atom. The molecule has 0 aromatic carbocycles. The van der Waals surface area contributed by atoms with Crippen LogP contribution in [-0.2, 0) is 14.3 Å². The molecule has 1 saturated heterocycles. The Bertz CT molecular complexity index is 409. The second-order valence-corrected chi connectivity index (χ2v) is 6.23. The molecule has 0 radical (unpaired) electrons. The van der Waals surface area contributed by atoms with Crippen LogP contribution >= 0.6 is 0 Å². The van der Waals surface area contributed by atoms with Crippen LogP contribution in [0.1, 0.15) is 27.2 Å². The van der Waals surface area contributed by atoms with E-state index in [1.54, 1.807) is 6.92 Å². The van der Waals surface area contributed by atoms with Crippen molar-refractivity contribution in [2.75, 3.05) is 13.2 Å². The number of fused-ring (bicyclic) bond motifs is 1. The fourth-order valence-corrected chi connectivity index (χ4v) is 3.32. The molecule has 2 rings (SSSR count). The lowest BCUT2D eigenvalue weighted by atomic mass is 9.48. The predicted octanol–water partition coefficient (Wildman–Crippen LogP) is -0.0343. The zero-order chi connectivity index (χ0) is 14.4. The average molecular weight is 270 g/mol. The molecule has 0 spiro atoms. The Hall–Kier alpha value is -1.14. The molecule has 1 aliphatic carbocycles. The number of ether oxygens (including phenoxy) is 1. The molecule has 4 N–H and O–H groups in total. The minimum Gasteiger partial charge on any atom is -0.481 e. The van der Waals surface area contributed by atoms with Gasteiger partial charge >= 0.3 is 5.97 Å². The van der Waals surface area contributed by atoms with Gasteiger partial charge in [0.1, 0.15) is 5.54 Å². The summed E-state index contributed by atoms with van der Waals surface area (Å²) < 4.78 is 5.62. The molecule has 6 nitrogen and oxygen atoms in total. The van der Waals surface area contributed by atoms with Crippen LogP contribution < -0.4 is 11.1 Å². The van der Waals surface area contributed by atoms with Gasteiger partial charge in [-0.3, -0.25) is 9.59 Å². The molecule has 1 heterocycles. The molecule has 0 bridgehead atoms. The van der Waals surface area contributed by atoms with Crippen LogP contribution in [-0.4, -0.2) is 41.8 Å². The maximum atomic E-state index is 12.3. The van der Waals surface area contributed by atoms with Gasteiger partial charge in [0.15, 0.2) is 0 Å². The van der Waals surface area contributed by atoms with Crippen LogP contribution in [0.15, 0.2) is 0 Å². The van der Waals surface area contributed by atoms with Crippen molar-refractivity contribution < 1.29 is 19.4 Å². The van der Waals surface area contributed by atoms with Gasteiger partial charge in [0.05, 0.1) is 12.0 Å². The van der Waals surface area contributed by atoms with E-state index in [4.69, 9.17) is 15.6 Å². The third-order valence-corrected chi connectivity index (χ3v) is 4.82. The smallest absolute Gasteiger partial charge is 0.308 e. The van der Waals surface area contributed by atoms with Crippen molar-refractivity contribution in [3.63, 3.8) is 0 Å². The molecule has 4 unspecified atom stereocenters. The molecule has 1 amide bonds. The molecule has 0 aromatic heterocycles. The average Bonchev–Trinajstić information content (AvgIpc) is 2.82. The van der Waals surface area contributed by atoms with E-state index in [1.165, 1.54) is 0 Å². The van der Waals surface area contributed by atoms with Crippen molar-refractivity contribution in [2.45, 2.75) is 38.8 Å². The van der Waals surface area contributed by atoms with Gasteiger partial charge in [-0.25, -0.2) is 0 Å². The highest BCUT2D eigenvalue weighted by Gasteiger charge is 2.71. The molecule has 19 heavy (non-hydrogen) atoms. The molecule has 1 aliphatic heterocycles. The highest BCUT2D eigenvalue weighted by molar-refractivity contribution is 5.90. The van der Waals surface area contributed by atoms with Gasteiger partial charge in [-0.2, -0.15) is 0 Å². The molecular formula is C13H22N2O4. The summed E-state index contributed by atoms with van der Waals surface area (Å²) in [5.74, 6) is -1.78. The van der Waals surface area contributed by atoms with Crippen LogP contribution in [0.3, 0.4) is 0 Å². The van der Waals surface area contributed by atoms with Gasteiger partial charge in [-0.05, 0) is 6.42 Å². The predicted molar refractivity (Wildman–Crippen MR) is 68.4 cm³/mol. The number of nitrogens with one attached hydrogen (secondary N) is 1. The number of hydrogen-bond acceptors (Lipinski definition) is 4. The van der Waals surface area contributed by atoms with Crippen LogP contribution in [0.5, 0.6) is 0 Å². The fraction of sp³-hybridized carbons (Fsp3) is 0.846. The van der Waals surface area contributed by atoms with E-state index >= 15 is 0 Å². The maximum absolute atomic E-state index is 12.3. The zero-order valence-electron chi connectivity index (χ0n) is 11.6. The second-order valence-electron chi connectivity index (χ2n) is 6.23. The van der Waals surface area contributed by atoms with E-state index in [1.807, 2.05) is 13.8 Å². The number of carboxylic acids is 1. The van der Waals surface area contributed by atoms with Crippen molar-refractivity contribution in [3.05, 3.63) is 0 Å². The lowest BCUT2D eigenvalue weighted by molar-refractivity contribution is -0.175. The number of hydrogen-bond donors (Lipinski definition) is 3. The van der Waals surface area contributed by atoms with E-state index in [2.05, 4.69) is 5.32 Å². The standard InChI is InChI=1S/C13H22N2O4/c1-7(10(16)17)6-15-11(18)13(14)8-4-5-19-9(8)12(13,2)3/h7-9H,4-6,14H2,1-3H3,(H,15,18)(H,16,17). The molecule has 2 fully saturated rings.